The van der Waals surface area contributed by atoms with Gasteiger partial charge >= 0.3 is 12.7 Å². The first-order valence-corrected chi connectivity index (χ1v) is 20.9. The first-order valence-electron chi connectivity index (χ1n) is 15.5. The Morgan fingerprint density at radius 3 is 1.13 bits per heavy atom. The summed E-state index contributed by atoms with van der Waals surface area (Å²) >= 11 is 10.9. The highest BCUT2D eigenvalue weighted by molar-refractivity contribution is 14.1. The van der Waals surface area contributed by atoms with E-state index in [1.165, 1.54) is 35.4 Å². The SMILES string of the molecule is Cc1cc(OC(F)(F)F)cc(I)c1-c1ccc(-c2ccc(Cc3ccc(-c4ccc(-c5c(I)cc(OC(F)(F)F)cc5I)cc4)cc3I)c(I)c2)cc1. The first kappa shape index (κ1) is 40.8. The Bertz CT molecular complexity index is 2100. The lowest BCUT2D eigenvalue weighted by Gasteiger charge is -2.15. The number of benzene rings is 6. The molecule has 6 aromatic rings. The van der Waals surface area contributed by atoms with Crippen LogP contribution in [0.2, 0.25) is 0 Å². The highest BCUT2D eigenvalue weighted by atomic mass is 127. The van der Waals surface area contributed by atoms with Crippen LogP contribution < -0.4 is 9.47 Å². The zero-order chi connectivity index (χ0) is 38.2. The van der Waals surface area contributed by atoms with Gasteiger partial charge in [-0.1, -0.05) is 72.8 Å². The summed E-state index contributed by atoms with van der Waals surface area (Å²) < 4.78 is 89.0. The fourth-order valence-electron chi connectivity index (χ4n) is 5.89. The Hall–Kier alpha value is -1.85. The summed E-state index contributed by atoms with van der Waals surface area (Å²) in [5.74, 6) is -0.469. The van der Waals surface area contributed by atoms with Gasteiger partial charge in [0.2, 0.25) is 0 Å². The molecule has 0 bridgehead atoms. The molecule has 0 amide bonds. The first-order chi connectivity index (χ1) is 24.9. The molecule has 0 fully saturated rings. The van der Waals surface area contributed by atoms with Crippen molar-refractivity contribution in [1.29, 1.82) is 0 Å². The molecule has 0 atom stereocenters. The van der Waals surface area contributed by atoms with Crippen molar-refractivity contribution in [3.05, 3.63) is 144 Å². The second-order valence-electron chi connectivity index (χ2n) is 11.9. The van der Waals surface area contributed by atoms with Crippen LogP contribution >= 0.6 is 113 Å². The largest absolute Gasteiger partial charge is 0.573 e. The van der Waals surface area contributed by atoms with Crippen molar-refractivity contribution >= 4 is 113 Å². The molecule has 0 saturated carbocycles. The molecule has 6 aromatic carbocycles. The molecular formula is C40H23F6I5O2. The minimum absolute atomic E-state index is 0.231. The lowest BCUT2D eigenvalue weighted by atomic mass is 9.96. The zero-order valence-corrected chi connectivity index (χ0v) is 37.9. The van der Waals surface area contributed by atoms with Gasteiger partial charge in [-0.2, -0.15) is 0 Å². The molecule has 0 aliphatic heterocycles. The molecule has 0 unspecified atom stereocenters. The number of halogens is 11. The van der Waals surface area contributed by atoms with E-state index in [0.717, 1.165) is 58.1 Å². The van der Waals surface area contributed by atoms with Crippen LogP contribution in [0.4, 0.5) is 26.3 Å². The maximum Gasteiger partial charge on any atom is 0.573 e. The zero-order valence-electron chi connectivity index (χ0n) is 27.1. The van der Waals surface area contributed by atoms with Crippen LogP contribution in [-0.2, 0) is 6.42 Å². The molecule has 0 aliphatic rings. The maximum absolute atomic E-state index is 12.7. The number of hydrogen-bond acceptors (Lipinski definition) is 2. The van der Waals surface area contributed by atoms with Gasteiger partial charge in [-0.25, -0.2) is 0 Å². The third-order valence-corrected chi connectivity index (χ3v) is 12.8. The van der Waals surface area contributed by atoms with E-state index in [1.54, 1.807) is 6.92 Å². The predicted molar refractivity (Wildman–Crippen MR) is 239 cm³/mol. The van der Waals surface area contributed by atoms with Crippen molar-refractivity contribution in [3.63, 3.8) is 0 Å². The van der Waals surface area contributed by atoms with Crippen molar-refractivity contribution in [1.82, 2.24) is 0 Å². The highest BCUT2D eigenvalue weighted by Crippen LogP contribution is 2.38. The summed E-state index contributed by atoms with van der Waals surface area (Å²) in [4.78, 5) is 0. The van der Waals surface area contributed by atoms with Gasteiger partial charge in [-0.15, -0.1) is 26.3 Å². The predicted octanol–water partition coefficient (Wildman–Crippen LogP) is 15.1. The van der Waals surface area contributed by atoms with Gasteiger partial charge < -0.3 is 9.47 Å². The quantitative estimate of drug-likeness (QED) is 0.112. The van der Waals surface area contributed by atoms with Gasteiger partial charge in [-0.3, -0.25) is 0 Å². The molecule has 2 nitrogen and oxygen atoms in total. The number of aryl methyl sites for hydroxylation is 1. The van der Waals surface area contributed by atoms with Crippen LogP contribution in [0.15, 0.2) is 109 Å². The van der Waals surface area contributed by atoms with E-state index < -0.39 is 12.7 Å². The Kier molecular flexibility index (Phi) is 12.9. The van der Waals surface area contributed by atoms with Crippen LogP contribution in [0.25, 0.3) is 44.5 Å². The standard InChI is InChI=1S/C40H23F6I5O2/c1-21-14-30(52-39(41,42)43)18-34(49)37(21)24-6-2-22(3-7-24)26-10-12-28(32(47)16-26)15-29-13-11-27(17-33(29)48)23-4-8-25(9-5-23)38-35(50)19-31(20-36(38)51)53-40(44,45)46/h2-14,16-20H,15H2,1H3. The van der Waals surface area contributed by atoms with Gasteiger partial charge in [0.15, 0.2) is 0 Å². The summed E-state index contributed by atoms with van der Waals surface area (Å²) in [5.41, 5.74) is 10.8. The van der Waals surface area contributed by atoms with E-state index in [9.17, 15) is 26.3 Å². The number of alkyl halides is 6. The molecular weight excluding hydrogens is 1260 g/mol. The van der Waals surface area contributed by atoms with Crippen LogP contribution in [0.1, 0.15) is 16.7 Å². The summed E-state index contributed by atoms with van der Waals surface area (Å²) in [6, 6.07) is 34.4. The van der Waals surface area contributed by atoms with Gasteiger partial charge in [0, 0.05) is 23.4 Å². The highest BCUT2D eigenvalue weighted by Gasteiger charge is 2.32. The molecule has 272 valence electrons. The van der Waals surface area contributed by atoms with E-state index >= 15 is 0 Å². The van der Waals surface area contributed by atoms with Crippen molar-refractivity contribution < 1.29 is 35.8 Å². The minimum Gasteiger partial charge on any atom is -0.406 e. The lowest BCUT2D eigenvalue weighted by molar-refractivity contribution is -0.275. The average molecular weight is 1280 g/mol. The smallest absolute Gasteiger partial charge is 0.406 e. The van der Waals surface area contributed by atoms with E-state index in [2.05, 4.69) is 91.1 Å². The number of rotatable bonds is 8. The third kappa shape index (κ3) is 10.3. The molecule has 0 heterocycles. The van der Waals surface area contributed by atoms with E-state index in [1.807, 2.05) is 116 Å². The maximum atomic E-state index is 12.7. The summed E-state index contributed by atoms with van der Waals surface area (Å²) in [7, 11) is 0. The lowest BCUT2D eigenvalue weighted by Crippen LogP contribution is -2.17. The van der Waals surface area contributed by atoms with E-state index in [0.29, 0.717) is 16.3 Å². The van der Waals surface area contributed by atoms with Crippen LogP contribution in [0, 0.1) is 24.8 Å². The molecule has 0 aromatic heterocycles. The Labute approximate surface area is 370 Å². The minimum atomic E-state index is -4.75. The number of ether oxygens (including phenoxy) is 2. The molecule has 0 N–H and O–H groups in total. The molecule has 0 radical (unpaired) electrons. The fourth-order valence-corrected chi connectivity index (χ4v) is 10.7. The molecule has 0 aliphatic carbocycles. The Morgan fingerprint density at radius 2 is 0.755 bits per heavy atom. The van der Waals surface area contributed by atoms with Gasteiger partial charge in [-0.05, 0) is 218 Å². The van der Waals surface area contributed by atoms with Gasteiger partial charge in [0.1, 0.15) is 11.5 Å². The number of hydrogen-bond donors (Lipinski definition) is 0. The molecule has 13 heteroatoms. The third-order valence-electron chi connectivity index (χ3n) is 8.24. The van der Waals surface area contributed by atoms with Crippen LogP contribution in [0.5, 0.6) is 11.5 Å². The summed E-state index contributed by atoms with van der Waals surface area (Å²) in [5, 5.41) is 0. The molecule has 0 spiro atoms. The van der Waals surface area contributed by atoms with Gasteiger partial charge in [0.25, 0.3) is 0 Å². The average Bonchev–Trinajstić information content (AvgIpc) is 3.05. The normalized spacial score (nSPS) is 11.8. The van der Waals surface area contributed by atoms with Crippen LogP contribution in [-0.4, -0.2) is 12.7 Å². The van der Waals surface area contributed by atoms with E-state index in [-0.39, 0.29) is 11.5 Å². The fraction of sp³-hybridized carbons (Fsp3) is 0.100. The van der Waals surface area contributed by atoms with Crippen molar-refractivity contribution in [2.45, 2.75) is 26.1 Å². The molecule has 0 saturated heterocycles. The molecule has 53 heavy (non-hydrogen) atoms. The monoisotopic (exact) mass is 1280 g/mol. The summed E-state index contributed by atoms with van der Waals surface area (Å²) in [6.45, 7) is 1.77. The summed E-state index contributed by atoms with van der Waals surface area (Å²) in [6.07, 6.45) is -8.73. The van der Waals surface area contributed by atoms with Crippen molar-refractivity contribution in [3.8, 4) is 56.0 Å². The van der Waals surface area contributed by atoms with Crippen molar-refractivity contribution in [2.75, 3.05) is 0 Å². The second-order valence-corrected chi connectivity index (χ2v) is 17.7. The Balaban J connectivity index is 1.15. The Morgan fingerprint density at radius 1 is 0.415 bits per heavy atom. The second kappa shape index (κ2) is 16.7. The topological polar surface area (TPSA) is 18.5 Å². The van der Waals surface area contributed by atoms with E-state index in [4.69, 9.17) is 0 Å². The molecule has 6 rings (SSSR count). The van der Waals surface area contributed by atoms with Crippen LogP contribution in [0.3, 0.4) is 0 Å². The van der Waals surface area contributed by atoms with Gasteiger partial charge in [0.05, 0.1) is 0 Å². The van der Waals surface area contributed by atoms with Crippen molar-refractivity contribution in [2.24, 2.45) is 0 Å².